The first kappa shape index (κ1) is 9.36. The molecule has 0 aliphatic rings. The van der Waals surface area contributed by atoms with E-state index in [2.05, 4.69) is 10.2 Å². The van der Waals surface area contributed by atoms with Crippen molar-refractivity contribution in [3.8, 4) is 10.8 Å². The molecule has 74 valence electrons. The Morgan fingerprint density at radius 1 is 1.57 bits per heavy atom. The van der Waals surface area contributed by atoms with Gasteiger partial charge in [0.15, 0.2) is 10.8 Å². The van der Waals surface area contributed by atoms with Gasteiger partial charge in [-0.1, -0.05) is 18.3 Å². The van der Waals surface area contributed by atoms with Gasteiger partial charge in [-0.05, 0) is 18.6 Å². The van der Waals surface area contributed by atoms with Crippen LogP contribution in [-0.2, 0) is 0 Å². The number of hydrogen-bond donors (Lipinski definition) is 1. The van der Waals surface area contributed by atoms with Crippen LogP contribution < -0.4 is 5.73 Å². The Morgan fingerprint density at radius 2 is 2.43 bits per heavy atom. The second-order valence-electron chi connectivity index (χ2n) is 2.94. The van der Waals surface area contributed by atoms with Gasteiger partial charge in [-0.3, -0.25) is 0 Å². The smallest absolute Gasteiger partial charge is 0.183 e. The minimum Gasteiger partial charge on any atom is -0.462 e. The predicted octanol–water partition coefficient (Wildman–Crippen LogP) is 2.21. The first-order chi connectivity index (χ1) is 6.81. The molecule has 0 aliphatic carbocycles. The fourth-order valence-electron chi connectivity index (χ4n) is 1.06. The molecular formula is C9H11N3OS. The van der Waals surface area contributed by atoms with Gasteiger partial charge in [-0.2, -0.15) is 0 Å². The van der Waals surface area contributed by atoms with Gasteiger partial charge in [0, 0.05) is 0 Å². The van der Waals surface area contributed by atoms with Gasteiger partial charge < -0.3 is 10.2 Å². The van der Waals surface area contributed by atoms with Crippen LogP contribution in [-0.4, -0.2) is 10.2 Å². The maximum Gasteiger partial charge on any atom is 0.183 e. The van der Waals surface area contributed by atoms with E-state index in [1.54, 1.807) is 6.26 Å². The van der Waals surface area contributed by atoms with Gasteiger partial charge in [0.2, 0.25) is 0 Å². The Hall–Kier alpha value is -1.20. The van der Waals surface area contributed by atoms with Gasteiger partial charge >= 0.3 is 0 Å². The molecule has 4 nitrogen and oxygen atoms in total. The van der Waals surface area contributed by atoms with E-state index in [4.69, 9.17) is 10.2 Å². The highest BCUT2D eigenvalue weighted by molar-refractivity contribution is 7.14. The zero-order valence-corrected chi connectivity index (χ0v) is 8.62. The average molecular weight is 209 g/mol. The van der Waals surface area contributed by atoms with Crippen LogP contribution in [0.5, 0.6) is 0 Å². The van der Waals surface area contributed by atoms with E-state index in [0.717, 1.165) is 22.2 Å². The molecule has 2 heterocycles. The van der Waals surface area contributed by atoms with E-state index in [1.807, 2.05) is 19.1 Å². The molecule has 0 radical (unpaired) electrons. The van der Waals surface area contributed by atoms with Crippen LogP contribution >= 0.6 is 11.3 Å². The third-order valence-electron chi connectivity index (χ3n) is 1.93. The normalized spacial score (nSPS) is 13.0. The molecular weight excluding hydrogens is 198 g/mol. The van der Waals surface area contributed by atoms with Crippen molar-refractivity contribution in [2.45, 2.75) is 19.4 Å². The van der Waals surface area contributed by atoms with Crippen LogP contribution in [0.4, 0.5) is 0 Å². The molecule has 2 rings (SSSR count). The summed E-state index contributed by atoms with van der Waals surface area (Å²) in [6.07, 6.45) is 2.49. The van der Waals surface area contributed by atoms with Crippen LogP contribution in [0, 0.1) is 0 Å². The molecule has 2 aromatic heterocycles. The summed E-state index contributed by atoms with van der Waals surface area (Å²) in [7, 11) is 0. The molecule has 1 atom stereocenters. The van der Waals surface area contributed by atoms with E-state index in [0.29, 0.717) is 0 Å². The Labute approximate surface area is 85.8 Å². The minimum absolute atomic E-state index is 0.0174. The van der Waals surface area contributed by atoms with Gasteiger partial charge in [0.1, 0.15) is 5.01 Å². The van der Waals surface area contributed by atoms with Crippen molar-refractivity contribution < 1.29 is 4.42 Å². The summed E-state index contributed by atoms with van der Waals surface area (Å²) < 4.78 is 5.21. The average Bonchev–Trinajstić information content (AvgIpc) is 2.86. The summed E-state index contributed by atoms with van der Waals surface area (Å²) in [5.41, 5.74) is 5.84. The molecule has 0 aliphatic heterocycles. The van der Waals surface area contributed by atoms with E-state index < -0.39 is 0 Å². The quantitative estimate of drug-likeness (QED) is 0.841. The summed E-state index contributed by atoms with van der Waals surface area (Å²) in [5, 5.41) is 9.70. The highest BCUT2D eigenvalue weighted by atomic mass is 32.1. The molecule has 0 saturated heterocycles. The van der Waals surface area contributed by atoms with E-state index >= 15 is 0 Å². The van der Waals surface area contributed by atoms with Crippen molar-refractivity contribution >= 4 is 11.3 Å². The Bertz CT molecular complexity index is 396. The van der Waals surface area contributed by atoms with Gasteiger partial charge in [0.25, 0.3) is 0 Å². The number of furan rings is 1. The van der Waals surface area contributed by atoms with Crippen LogP contribution in [0.3, 0.4) is 0 Å². The SMILES string of the molecule is CCC(N)c1nnc(-c2ccco2)s1. The van der Waals surface area contributed by atoms with Crippen molar-refractivity contribution in [3.05, 3.63) is 23.4 Å². The van der Waals surface area contributed by atoms with Gasteiger partial charge in [-0.15, -0.1) is 10.2 Å². The molecule has 0 spiro atoms. The number of nitrogens with two attached hydrogens (primary N) is 1. The van der Waals surface area contributed by atoms with Crippen molar-refractivity contribution in [1.29, 1.82) is 0 Å². The molecule has 0 saturated carbocycles. The number of rotatable bonds is 3. The topological polar surface area (TPSA) is 64.9 Å². The van der Waals surface area contributed by atoms with Crippen molar-refractivity contribution in [2.24, 2.45) is 5.73 Å². The minimum atomic E-state index is -0.0174. The Morgan fingerprint density at radius 3 is 3.07 bits per heavy atom. The first-order valence-corrected chi connectivity index (χ1v) is 5.25. The third kappa shape index (κ3) is 1.69. The van der Waals surface area contributed by atoms with E-state index in [1.165, 1.54) is 11.3 Å². The van der Waals surface area contributed by atoms with Gasteiger partial charge in [0.05, 0.1) is 12.3 Å². The standard InChI is InChI=1S/C9H11N3OS/c1-2-6(10)8-11-12-9(14-8)7-4-3-5-13-7/h3-6H,2,10H2,1H3. The lowest BCUT2D eigenvalue weighted by atomic mass is 10.3. The number of hydrogen-bond acceptors (Lipinski definition) is 5. The summed E-state index contributed by atoms with van der Waals surface area (Å²) in [6.45, 7) is 2.03. The summed E-state index contributed by atoms with van der Waals surface area (Å²) in [5.74, 6) is 0.747. The zero-order chi connectivity index (χ0) is 9.97. The number of nitrogens with zero attached hydrogens (tertiary/aromatic N) is 2. The third-order valence-corrected chi connectivity index (χ3v) is 3.00. The maximum atomic E-state index is 5.84. The van der Waals surface area contributed by atoms with E-state index in [-0.39, 0.29) is 6.04 Å². The number of aromatic nitrogens is 2. The molecule has 1 unspecified atom stereocenters. The largest absolute Gasteiger partial charge is 0.462 e. The Kier molecular flexibility index (Phi) is 2.60. The van der Waals surface area contributed by atoms with Gasteiger partial charge in [-0.25, -0.2) is 0 Å². The zero-order valence-electron chi connectivity index (χ0n) is 7.80. The fraction of sp³-hybridized carbons (Fsp3) is 0.333. The molecule has 0 bridgehead atoms. The second-order valence-corrected chi connectivity index (χ2v) is 3.95. The van der Waals surface area contributed by atoms with Crippen molar-refractivity contribution in [1.82, 2.24) is 10.2 Å². The van der Waals surface area contributed by atoms with Crippen LogP contribution in [0.2, 0.25) is 0 Å². The second kappa shape index (κ2) is 3.89. The first-order valence-electron chi connectivity index (χ1n) is 4.44. The van der Waals surface area contributed by atoms with Crippen molar-refractivity contribution in [3.63, 3.8) is 0 Å². The Balaban J connectivity index is 2.26. The molecule has 2 N–H and O–H groups in total. The fourth-order valence-corrected chi connectivity index (χ4v) is 1.96. The molecule has 0 amide bonds. The predicted molar refractivity (Wildman–Crippen MR) is 54.8 cm³/mol. The van der Waals surface area contributed by atoms with Crippen LogP contribution in [0.1, 0.15) is 24.4 Å². The van der Waals surface area contributed by atoms with Crippen LogP contribution in [0.25, 0.3) is 10.8 Å². The van der Waals surface area contributed by atoms with Crippen molar-refractivity contribution in [2.75, 3.05) is 0 Å². The summed E-state index contributed by atoms with van der Waals surface area (Å²) >= 11 is 1.48. The lowest BCUT2D eigenvalue weighted by molar-refractivity contribution is 0.581. The highest BCUT2D eigenvalue weighted by Crippen LogP contribution is 2.26. The highest BCUT2D eigenvalue weighted by Gasteiger charge is 2.12. The molecule has 14 heavy (non-hydrogen) atoms. The van der Waals surface area contributed by atoms with E-state index in [9.17, 15) is 0 Å². The van der Waals surface area contributed by atoms with Crippen LogP contribution in [0.15, 0.2) is 22.8 Å². The monoisotopic (exact) mass is 209 g/mol. The maximum absolute atomic E-state index is 5.84. The summed E-state index contributed by atoms with van der Waals surface area (Å²) in [4.78, 5) is 0. The lowest BCUT2D eigenvalue weighted by Crippen LogP contribution is -2.07. The molecule has 5 heteroatoms. The lowest BCUT2D eigenvalue weighted by Gasteiger charge is -2.00. The summed E-state index contributed by atoms with van der Waals surface area (Å²) in [6, 6.07) is 3.67. The molecule has 2 aromatic rings. The molecule has 0 aromatic carbocycles. The molecule has 0 fully saturated rings.